The SMILES string of the molecule is CCc1ccc(-c2noc(CN3CCC[C@H]3c3cc(OC)ccc3OC)n2)cc1. The molecule has 152 valence electrons. The van der Waals surface area contributed by atoms with Gasteiger partial charge in [0.1, 0.15) is 11.5 Å². The molecule has 1 fully saturated rings. The second-order valence-corrected chi connectivity index (χ2v) is 7.30. The maximum atomic E-state index is 5.60. The van der Waals surface area contributed by atoms with E-state index in [1.54, 1.807) is 14.2 Å². The van der Waals surface area contributed by atoms with Gasteiger partial charge in [-0.05, 0) is 49.6 Å². The molecule has 0 amide bonds. The van der Waals surface area contributed by atoms with Crippen LogP contribution in [0.5, 0.6) is 11.5 Å². The van der Waals surface area contributed by atoms with E-state index in [0.717, 1.165) is 48.4 Å². The highest BCUT2D eigenvalue weighted by Crippen LogP contribution is 2.39. The van der Waals surface area contributed by atoms with Gasteiger partial charge in [0.15, 0.2) is 0 Å². The van der Waals surface area contributed by atoms with Crippen molar-refractivity contribution in [2.24, 2.45) is 0 Å². The molecule has 1 aliphatic rings. The van der Waals surface area contributed by atoms with Gasteiger partial charge in [0.05, 0.1) is 20.8 Å². The number of methoxy groups -OCH3 is 2. The summed E-state index contributed by atoms with van der Waals surface area (Å²) in [7, 11) is 3.39. The number of nitrogens with zero attached hydrogens (tertiary/aromatic N) is 3. The lowest BCUT2D eigenvalue weighted by Gasteiger charge is -2.25. The van der Waals surface area contributed by atoms with E-state index in [-0.39, 0.29) is 6.04 Å². The van der Waals surface area contributed by atoms with E-state index in [9.17, 15) is 0 Å². The van der Waals surface area contributed by atoms with E-state index in [1.165, 1.54) is 5.56 Å². The fourth-order valence-electron chi connectivity index (χ4n) is 3.97. The van der Waals surface area contributed by atoms with Gasteiger partial charge in [-0.3, -0.25) is 4.90 Å². The summed E-state index contributed by atoms with van der Waals surface area (Å²) in [6, 6.07) is 14.5. The van der Waals surface area contributed by atoms with Crippen molar-refractivity contribution in [2.75, 3.05) is 20.8 Å². The van der Waals surface area contributed by atoms with Crippen LogP contribution < -0.4 is 9.47 Å². The molecule has 0 aliphatic carbocycles. The average Bonchev–Trinajstić information content (AvgIpc) is 3.43. The number of ether oxygens (including phenoxy) is 2. The maximum absolute atomic E-state index is 5.60. The third-order valence-corrected chi connectivity index (χ3v) is 5.59. The zero-order valence-corrected chi connectivity index (χ0v) is 17.2. The molecule has 1 aliphatic heterocycles. The highest BCUT2D eigenvalue weighted by molar-refractivity contribution is 5.54. The van der Waals surface area contributed by atoms with Crippen molar-refractivity contribution in [1.82, 2.24) is 15.0 Å². The summed E-state index contributed by atoms with van der Waals surface area (Å²) in [5.41, 5.74) is 3.41. The molecule has 2 aromatic carbocycles. The molecule has 0 spiro atoms. The first-order valence-corrected chi connectivity index (χ1v) is 10.1. The molecule has 6 nitrogen and oxygen atoms in total. The summed E-state index contributed by atoms with van der Waals surface area (Å²) in [4.78, 5) is 7.00. The molecule has 0 bridgehead atoms. The molecule has 0 radical (unpaired) electrons. The minimum Gasteiger partial charge on any atom is -0.497 e. The van der Waals surface area contributed by atoms with Gasteiger partial charge in [-0.15, -0.1) is 0 Å². The largest absolute Gasteiger partial charge is 0.497 e. The third kappa shape index (κ3) is 4.12. The van der Waals surface area contributed by atoms with Crippen LogP contribution in [-0.2, 0) is 13.0 Å². The van der Waals surface area contributed by atoms with Crippen molar-refractivity contribution in [3.8, 4) is 22.9 Å². The minimum atomic E-state index is 0.235. The topological polar surface area (TPSA) is 60.6 Å². The van der Waals surface area contributed by atoms with E-state index in [4.69, 9.17) is 14.0 Å². The van der Waals surface area contributed by atoms with Crippen LogP contribution in [-0.4, -0.2) is 35.8 Å². The van der Waals surface area contributed by atoms with E-state index in [1.807, 2.05) is 24.3 Å². The standard InChI is InChI=1S/C23H27N3O3/c1-4-16-7-9-17(10-8-16)23-24-22(29-25-23)15-26-13-5-6-20(26)19-14-18(27-2)11-12-21(19)28-3/h7-12,14,20H,4-6,13,15H2,1-3H3/t20-/m0/s1. The molecule has 3 aromatic rings. The zero-order chi connectivity index (χ0) is 20.2. The molecule has 2 heterocycles. The summed E-state index contributed by atoms with van der Waals surface area (Å²) in [6.07, 6.45) is 3.19. The molecule has 0 unspecified atom stereocenters. The predicted molar refractivity (Wildman–Crippen MR) is 111 cm³/mol. The Bertz CT molecular complexity index is 952. The van der Waals surface area contributed by atoms with Gasteiger partial charge in [-0.25, -0.2) is 0 Å². The lowest BCUT2D eigenvalue weighted by molar-refractivity contribution is 0.209. The van der Waals surface area contributed by atoms with Crippen molar-refractivity contribution in [1.29, 1.82) is 0 Å². The number of hydrogen-bond donors (Lipinski definition) is 0. The first-order valence-electron chi connectivity index (χ1n) is 10.1. The zero-order valence-electron chi connectivity index (χ0n) is 17.2. The van der Waals surface area contributed by atoms with Gasteiger partial charge < -0.3 is 14.0 Å². The third-order valence-electron chi connectivity index (χ3n) is 5.59. The van der Waals surface area contributed by atoms with Crippen LogP contribution in [0.3, 0.4) is 0 Å². The van der Waals surface area contributed by atoms with Crippen molar-refractivity contribution >= 4 is 0 Å². The molecular weight excluding hydrogens is 366 g/mol. The van der Waals surface area contributed by atoms with Crippen LogP contribution in [0.2, 0.25) is 0 Å². The molecule has 4 rings (SSSR count). The maximum Gasteiger partial charge on any atom is 0.241 e. The van der Waals surface area contributed by atoms with Crippen LogP contribution in [0.15, 0.2) is 47.0 Å². The Morgan fingerprint density at radius 2 is 1.93 bits per heavy atom. The van der Waals surface area contributed by atoms with E-state index in [2.05, 4.69) is 40.2 Å². The number of hydrogen-bond acceptors (Lipinski definition) is 6. The molecule has 0 N–H and O–H groups in total. The van der Waals surface area contributed by atoms with E-state index in [0.29, 0.717) is 18.3 Å². The average molecular weight is 393 g/mol. The second-order valence-electron chi connectivity index (χ2n) is 7.30. The van der Waals surface area contributed by atoms with Crippen molar-refractivity contribution in [3.05, 3.63) is 59.5 Å². The molecule has 1 atom stereocenters. The first kappa shape index (κ1) is 19.5. The molecular formula is C23H27N3O3. The highest BCUT2D eigenvalue weighted by Gasteiger charge is 2.30. The Morgan fingerprint density at radius 3 is 2.66 bits per heavy atom. The summed E-state index contributed by atoms with van der Waals surface area (Å²) < 4.78 is 16.6. The number of rotatable bonds is 7. The van der Waals surface area contributed by atoms with E-state index < -0.39 is 0 Å². The highest BCUT2D eigenvalue weighted by atomic mass is 16.5. The Morgan fingerprint density at radius 1 is 1.10 bits per heavy atom. The lowest BCUT2D eigenvalue weighted by atomic mass is 10.0. The van der Waals surface area contributed by atoms with Crippen molar-refractivity contribution < 1.29 is 14.0 Å². The molecule has 29 heavy (non-hydrogen) atoms. The fourth-order valence-corrected chi connectivity index (χ4v) is 3.97. The summed E-state index contributed by atoms with van der Waals surface area (Å²) in [5.74, 6) is 2.99. The monoisotopic (exact) mass is 393 g/mol. The van der Waals surface area contributed by atoms with Crippen LogP contribution in [0, 0.1) is 0 Å². The van der Waals surface area contributed by atoms with Gasteiger partial charge in [0, 0.05) is 17.2 Å². The Kier molecular flexibility index (Phi) is 5.81. The number of aryl methyl sites for hydroxylation is 1. The fraction of sp³-hybridized carbons (Fsp3) is 0.391. The molecule has 0 saturated carbocycles. The normalized spacial score (nSPS) is 16.9. The van der Waals surface area contributed by atoms with Crippen LogP contribution >= 0.6 is 0 Å². The van der Waals surface area contributed by atoms with Crippen molar-refractivity contribution in [2.45, 2.75) is 38.8 Å². The van der Waals surface area contributed by atoms with E-state index >= 15 is 0 Å². The van der Waals surface area contributed by atoms with Crippen LogP contribution in [0.25, 0.3) is 11.4 Å². The van der Waals surface area contributed by atoms with Gasteiger partial charge in [-0.2, -0.15) is 4.98 Å². The van der Waals surface area contributed by atoms with Crippen LogP contribution in [0.1, 0.15) is 42.8 Å². The predicted octanol–water partition coefficient (Wildman–Crippen LogP) is 4.65. The molecule has 1 aromatic heterocycles. The summed E-state index contributed by atoms with van der Waals surface area (Å²) >= 11 is 0. The Balaban J connectivity index is 1.53. The number of benzene rings is 2. The van der Waals surface area contributed by atoms with Crippen LogP contribution in [0.4, 0.5) is 0 Å². The van der Waals surface area contributed by atoms with Gasteiger partial charge in [0.2, 0.25) is 11.7 Å². The summed E-state index contributed by atoms with van der Waals surface area (Å²) in [5, 5.41) is 4.19. The quantitative estimate of drug-likeness (QED) is 0.582. The smallest absolute Gasteiger partial charge is 0.241 e. The summed E-state index contributed by atoms with van der Waals surface area (Å²) in [6.45, 7) is 3.74. The number of aromatic nitrogens is 2. The Hall–Kier alpha value is -2.86. The van der Waals surface area contributed by atoms with Gasteiger partial charge in [0.25, 0.3) is 0 Å². The number of likely N-dealkylation sites (tertiary alicyclic amines) is 1. The van der Waals surface area contributed by atoms with Crippen molar-refractivity contribution in [3.63, 3.8) is 0 Å². The minimum absolute atomic E-state index is 0.235. The Labute approximate surface area is 171 Å². The second kappa shape index (κ2) is 8.66. The van der Waals surface area contributed by atoms with Gasteiger partial charge in [-0.1, -0.05) is 36.3 Å². The molecule has 1 saturated heterocycles. The molecule has 6 heteroatoms. The lowest BCUT2D eigenvalue weighted by Crippen LogP contribution is -2.23. The first-order chi connectivity index (χ1) is 14.2. The van der Waals surface area contributed by atoms with Gasteiger partial charge >= 0.3 is 0 Å².